The first-order valence-electron chi connectivity index (χ1n) is 15.3. The molecule has 4 aliphatic heterocycles. The van der Waals surface area contributed by atoms with E-state index in [4.69, 9.17) is 14.2 Å². The molecular formula is C31H46N4O7. The van der Waals surface area contributed by atoms with Crippen molar-refractivity contribution in [1.29, 1.82) is 0 Å². The minimum absolute atomic E-state index is 0.0761. The number of nitrogens with zero attached hydrogens (tertiary/aromatic N) is 2. The fourth-order valence-electron chi connectivity index (χ4n) is 7.63. The summed E-state index contributed by atoms with van der Waals surface area (Å²) in [5.41, 5.74) is -1.51. The van der Waals surface area contributed by atoms with E-state index < -0.39 is 35.1 Å². The first kappa shape index (κ1) is 30.7. The molecule has 5 rings (SSSR count). The number of hydrogen-bond acceptors (Lipinski definition) is 8. The highest BCUT2D eigenvalue weighted by molar-refractivity contribution is 6.02. The van der Waals surface area contributed by atoms with Crippen LogP contribution < -0.4 is 15.4 Å². The summed E-state index contributed by atoms with van der Waals surface area (Å²) in [5, 5.41) is 16.5. The molecule has 4 saturated heterocycles. The quantitative estimate of drug-likeness (QED) is 0.356. The maximum atomic E-state index is 14.4. The molecule has 3 unspecified atom stereocenters. The lowest BCUT2D eigenvalue weighted by Crippen LogP contribution is -2.59. The Bertz CT molecular complexity index is 1160. The summed E-state index contributed by atoms with van der Waals surface area (Å²) in [4.78, 5) is 46.2. The number of carbonyl (C=O) groups is 3. The van der Waals surface area contributed by atoms with E-state index in [1.54, 1.807) is 24.3 Å². The molecule has 7 atom stereocenters. The van der Waals surface area contributed by atoms with Crippen LogP contribution in [0.4, 0.5) is 5.69 Å². The normalized spacial score (nSPS) is 33.1. The predicted octanol–water partition coefficient (Wildman–Crippen LogP) is 1.50. The van der Waals surface area contributed by atoms with Crippen LogP contribution in [0.1, 0.15) is 41.0 Å². The van der Waals surface area contributed by atoms with Crippen LogP contribution in [0.3, 0.4) is 0 Å². The Hall–Kier alpha value is -2.73. The average Bonchev–Trinajstić information content (AvgIpc) is 3.47. The number of amides is 3. The van der Waals surface area contributed by atoms with Crippen LogP contribution in [0.2, 0.25) is 0 Å². The molecule has 42 heavy (non-hydrogen) atoms. The molecule has 0 aromatic heterocycles. The summed E-state index contributed by atoms with van der Waals surface area (Å²) in [7, 11) is 0. The Kier molecular flexibility index (Phi) is 8.85. The molecule has 11 heteroatoms. The SMILES string of the molecule is CCOc1ccc(NC(=O)[C@@H]2[C@H]3C(=O)N([C@@H](CO)C(C)C)C(C(=O)NCCN4CCOCC4)C34CC(C)[C@@]2(C)O4)cc1. The number of fused-ring (bicyclic) bond motifs is 1. The van der Waals surface area contributed by atoms with Crippen molar-refractivity contribution in [3.8, 4) is 5.75 Å². The van der Waals surface area contributed by atoms with E-state index >= 15 is 0 Å². The molecule has 3 amide bonds. The monoisotopic (exact) mass is 586 g/mol. The zero-order valence-corrected chi connectivity index (χ0v) is 25.4. The molecule has 0 radical (unpaired) electrons. The van der Waals surface area contributed by atoms with E-state index in [1.165, 1.54) is 4.90 Å². The Morgan fingerprint density at radius 1 is 1.17 bits per heavy atom. The predicted molar refractivity (Wildman–Crippen MR) is 156 cm³/mol. The minimum Gasteiger partial charge on any atom is -0.494 e. The van der Waals surface area contributed by atoms with Gasteiger partial charge in [0.05, 0.1) is 49.9 Å². The van der Waals surface area contributed by atoms with Gasteiger partial charge in [-0.3, -0.25) is 19.3 Å². The summed E-state index contributed by atoms with van der Waals surface area (Å²) in [6, 6.07) is 5.58. The standard InChI is InChI=1S/C31H46N4O7/c1-6-41-22-9-7-21(8-10-22)33-27(37)24-25-29(39)35(23(18-36)19(2)3)26(31(25)17-20(4)30(24,5)42-31)28(38)32-11-12-34-13-15-40-16-14-34/h7-10,19-20,23-26,36H,6,11-18H2,1-5H3,(H,32,38)(H,33,37)/t20?,23-,24-,25-,26?,30+,31?/m0/s1. The largest absolute Gasteiger partial charge is 0.494 e. The minimum atomic E-state index is -1.17. The number of nitrogens with one attached hydrogen (secondary N) is 2. The lowest BCUT2D eigenvalue weighted by Gasteiger charge is -2.38. The molecule has 4 heterocycles. The number of hydrogen-bond donors (Lipinski definition) is 3. The van der Waals surface area contributed by atoms with Crippen LogP contribution >= 0.6 is 0 Å². The highest BCUT2D eigenvalue weighted by Gasteiger charge is 2.80. The number of aliphatic hydroxyl groups excluding tert-OH is 1. The van der Waals surface area contributed by atoms with Gasteiger partial charge in [-0.15, -0.1) is 0 Å². The molecular weight excluding hydrogens is 540 g/mol. The van der Waals surface area contributed by atoms with E-state index in [-0.39, 0.29) is 36.2 Å². The zero-order valence-electron chi connectivity index (χ0n) is 25.4. The second-order valence-corrected chi connectivity index (χ2v) is 12.6. The van der Waals surface area contributed by atoms with Crippen molar-refractivity contribution in [3.05, 3.63) is 24.3 Å². The Balaban J connectivity index is 1.44. The number of morpholine rings is 1. The van der Waals surface area contributed by atoms with Gasteiger partial charge >= 0.3 is 0 Å². The van der Waals surface area contributed by atoms with Crippen LogP contribution in [0, 0.1) is 23.7 Å². The molecule has 0 aliphatic carbocycles. The Morgan fingerprint density at radius 2 is 1.86 bits per heavy atom. The number of aliphatic hydroxyl groups is 1. The topological polar surface area (TPSA) is 130 Å². The lowest BCUT2D eigenvalue weighted by molar-refractivity contribution is -0.151. The highest BCUT2D eigenvalue weighted by atomic mass is 16.5. The van der Waals surface area contributed by atoms with Gasteiger partial charge in [0.15, 0.2) is 0 Å². The maximum Gasteiger partial charge on any atom is 0.245 e. The number of benzene rings is 1. The van der Waals surface area contributed by atoms with Crippen molar-refractivity contribution < 1.29 is 33.7 Å². The summed E-state index contributed by atoms with van der Waals surface area (Å²) >= 11 is 0. The molecule has 1 aromatic carbocycles. The second kappa shape index (κ2) is 12.1. The van der Waals surface area contributed by atoms with Gasteiger partial charge in [-0.05, 0) is 56.4 Å². The fourth-order valence-corrected chi connectivity index (χ4v) is 7.63. The third kappa shape index (κ3) is 5.18. The van der Waals surface area contributed by atoms with Gasteiger partial charge in [0.2, 0.25) is 17.7 Å². The number of ether oxygens (including phenoxy) is 3. The van der Waals surface area contributed by atoms with Gasteiger partial charge in [-0.1, -0.05) is 20.8 Å². The van der Waals surface area contributed by atoms with Gasteiger partial charge in [0, 0.05) is 31.9 Å². The van der Waals surface area contributed by atoms with Crippen LogP contribution in [0.5, 0.6) is 5.75 Å². The molecule has 2 bridgehead atoms. The van der Waals surface area contributed by atoms with Gasteiger partial charge in [0.25, 0.3) is 0 Å². The van der Waals surface area contributed by atoms with Crippen LogP contribution in [0.25, 0.3) is 0 Å². The van der Waals surface area contributed by atoms with Crippen LogP contribution in [0.15, 0.2) is 24.3 Å². The first-order chi connectivity index (χ1) is 20.1. The molecule has 4 fully saturated rings. The van der Waals surface area contributed by atoms with Gasteiger partial charge in [-0.2, -0.15) is 0 Å². The first-order valence-corrected chi connectivity index (χ1v) is 15.3. The van der Waals surface area contributed by atoms with Gasteiger partial charge in [-0.25, -0.2) is 0 Å². The number of likely N-dealkylation sites (tertiary alicyclic amines) is 1. The van der Waals surface area contributed by atoms with Crippen LogP contribution in [-0.2, 0) is 23.9 Å². The molecule has 1 aromatic rings. The van der Waals surface area contributed by atoms with Crippen molar-refractivity contribution in [2.75, 3.05) is 57.9 Å². The third-order valence-electron chi connectivity index (χ3n) is 9.86. The summed E-state index contributed by atoms with van der Waals surface area (Å²) in [5.74, 6) is -2.06. The van der Waals surface area contributed by atoms with Crippen molar-refractivity contribution >= 4 is 23.4 Å². The Morgan fingerprint density at radius 3 is 2.48 bits per heavy atom. The molecule has 0 saturated carbocycles. The molecule has 4 aliphatic rings. The van der Waals surface area contributed by atoms with E-state index in [9.17, 15) is 19.5 Å². The van der Waals surface area contributed by atoms with Crippen molar-refractivity contribution in [2.24, 2.45) is 23.7 Å². The summed E-state index contributed by atoms with van der Waals surface area (Å²) < 4.78 is 17.7. The summed E-state index contributed by atoms with van der Waals surface area (Å²) in [6.07, 6.45) is 0.473. The average molecular weight is 587 g/mol. The number of carbonyl (C=O) groups excluding carboxylic acids is 3. The number of anilines is 1. The zero-order chi connectivity index (χ0) is 30.2. The van der Waals surface area contributed by atoms with Crippen LogP contribution in [-0.4, -0.2) is 109 Å². The smallest absolute Gasteiger partial charge is 0.245 e. The summed E-state index contributed by atoms with van der Waals surface area (Å²) in [6.45, 7) is 13.9. The van der Waals surface area contributed by atoms with Crippen molar-refractivity contribution in [2.45, 2.75) is 64.3 Å². The number of rotatable bonds is 11. The van der Waals surface area contributed by atoms with E-state index in [0.29, 0.717) is 50.8 Å². The van der Waals surface area contributed by atoms with E-state index in [2.05, 4.69) is 15.5 Å². The van der Waals surface area contributed by atoms with E-state index in [0.717, 1.165) is 13.1 Å². The lowest BCUT2D eigenvalue weighted by atomic mass is 9.62. The fraction of sp³-hybridized carbons (Fsp3) is 0.710. The van der Waals surface area contributed by atoms with Crippen molar-refractivity contribution in [1.82, 2.24) is 15.1 Å². The molecule has 11 nitrogen and oxygen atoms in total. The van der Waals surface area contributed by atoms with Gasteiger partial charge in [0.1, 0.15) is 17.4 Å². The highest BCUT2D eigenvalue weighted by Crippen LogP contribution is 2.65. The third-order valence-corrected chi connectivity index (χ3v) is 9.86. The Labute approximate surface area is 248 Å². The molecule has 3 N–H and O–H groups in total. The second-order valence-electron chi connectivity index (χ2n) is 12.6. The van der Waals surface area contributed by atoms with Crippen molar-refractivity contribution in [3.63, 3.8) is 0 Å². The molecule has 232 valence electrons. The molecule has 1 spiro atoms. The van der Waals surface area contributed by atoms with E-state index in [1.807, 2.05) is 34.6 Å². The van der Waals surface area contributed by atoms with Gasteiger partial charge < -0.3 is 34.9 Å². The maximum absolute atomic E-state index is 14.4.